The van der Waals surface area contributed by atoms with Crippen molar-refractivity contribution in [1.82, 2.24) is 0 Å². The van der Waals surface area contributed by atoms with Gasteiger partial charge < -0.3 is 5.11 Å². The number of aromatic carboxylic acids is 1. The quantitative estimate of drug-likeness (QED) is 0.730. The van der Waals surface area contributed by atoms with Gasteiger partial charge in [-0.15, -0.1) is 24.0 Å². The van der Waals surface area contributed by atoms with E-state index in [2.05, 4.69) is 12.6 Å². The lowest BCUT2D eigenvalue weighted by atomic mass is 10.1. The number of fused-ring (bicyclic) bond motifs is 1. The van der Waals surface area contributed by atoms with Crippen LogP contribution in [0.25, 0.3) is 10.1 Å². The Morgan fingerprint density at radius 1 is 1.50 bits per heavy atom. The Labute approximate surface area is 90.6 Å². The molecule has 0 radical (unpaired) electrons. The van der Waals surface area contributed by atoms with E-state index < -0.39 is 5.97 Å². The normalized spacial score (nSPS) is 10.7. The number of hydrogen-bond donors (Lipinski definition) is 2. The van der Waals surface area contributed by atoms with Crippen LogP contribution in [-0.4, -0.2) is 11.1 Å². The van der Waals surface area contributed by atoms with Crippen LogP contribution in [0.4, 0.5) is 0 Å². The maximum Gasteiger partial charge on any atom is 0.336 e. The number of hydrogen-bond acceptors (Lipinski definition) is 3. The molecule has 0 fully saturated rings. The minimum absolute atomic E-state index is 0.358. The zero-order chi connectivity index (χ0) is 10.3. The average molecular weight is 224 g/mol. The van der Waals surface area contributed by atoms with Crippen molar-refractivity contribution < 1.29 is 9.90 Å². The summed E-state index contributed by atoms with van der Waals surface area (Å²) < 4.78 is 0.950. The lowest BCUT2D eigenvalue weighted by Crippen LogP contribution is -1.97. The number of thiophene rings is 1. The summed E-state index contributed by atoms with van der Waals surface area (Å²) in [5, 5.41) is 11.8. The number of carboxylic acids is 1. The molecule has 2 nitrogen and oxygen atoms in total. The van der Waals surface area contributed by atoms with Crippen LogP contribution in [0.15, 0.2) is 22.4 Å². The van der Waals surface area contributed by atoms with Gasteiger partial charge in [-0.2, -0.15) is 0 Å². The van der Waals surface area contributed by atoms with E-state index in [0.29, 0.717) is 5.56 Å². The van der Waals surface area contributed by atoms with Gasteiger partial charge in [0.05, 0.1) is 5.56 Å². The predicted molar refractivity (Wildman–Crippen MR) is 60.8 cm³/mol. The Kier molecular flexibility index (Phi) is 2.25. The lowest BCUT2D eigenvalue weighted by molar-refractivity contribution is 0.0699. The molecule has 0 saturated heterocycles. The van der Waals surface area contributed by atoms with Crippen molar-refractivity contribution in [2.24, 2.45) is 0 Å². The Morgan fingerprint density at radius 2 is 2.21 bits per heavy atom. The van der Waals surface area contributed by atoms with E-state index in [9.17, 15) is 4.79 Å². The molecule has 2 rings (SSSR count). The predicted octanol–water partition coefficient (Wildman–Crippen LogP) is 3.20. The third kappa shape index (κ3) is 1.31. The maximum absolute atomic E-state index is 11.0. The molecule has 1 aromatic heterocycles. The molecule has 72 valence electrons. The molecule has 0 aliphatic heterocycles. The van der Waals surface area contributed by atoms with Crippen molar-refractivity contribution in [3.8, 4) is 0 Å². The van der Waals surface area contributed by atoms with Crippen LogP contribution in [0.2, 0.25) is 0 Å². The van der Waals surface area contributed by atoms with Crippen molar-refractivity contribution in [3.63, 3.8) is 0 Å². The summed E-state index contributed by atoms with van der Waals surface area (Å²) in [6, 6.07) is 3.33. The minimum Gasteiger partial charge on any atom is -0.478 e. The molecule has 0 saturated carbocycles. The Hall–Kier alpha value is -1.00. The molecular weight excluding hydrogens is 216 g/mol. The highest BCUT2D eigenvalue weighted by molar-refractivity contribution is 7.80. The maximum atomic E-state index is 11.0. The van der Waals surface area contributed by atoms with Crippen LogP contribution in [-0.2, 0) is 0 Å². The third-order valence-electron chi connectivity index (χ3n) is 2.12. The van der Waals surface area contributed by atoms with E-state index >= 15 is 0 Å². The van der Waals surface area contributed by atoms with Gasteiger partial charge in [0.15, 0.2) is 0 Å². The summed E-state index contributed by atoms with van der Waals surface area (Å²) in [6.45, 7) is 1.92. The number of carboxylic acid groups (broad SMARTS) is 1. The summed E-state index contributed by atoms with van der Waals surface area (Å²) in [7, 11) is 0. The Morgan fingerprint density at radius 3 is 2.86 bits per heavy atom. The summed E-state index contributed by atoms with van der Waals surface area (Å²) in [5.74, 6) is -0.884. The standard InChI is InChI=1S/C10H8O2S2/c1-5-4-14-9-7(13)3-2-6(8(5)9)10(11)12/h2-4,13H,1H3,(H,11,12). The van der Waals surface area contributed by atoms with E-state index in [1.54, 1.807) is 12.1 Å². The Balaban J connectivity index is 2.92. The van der Waals surface area contributed by atoms with Crippen LogP contribution in [0.3, 0.4) is 0 Å². The highest BCUT2D eigenvalue weighted by Crippen LogP contribution is 2.33. The molecule has 0 amide bonds. The smallest absolute Gasteiger partial charge is 0.336 e. The van der Waals surface area contributed by atoms with Crippen molar-refractivity contribution in [1.29, 1.82) is 0 Å². The zero-order valence-electron chi connectivity index (χ0n) is 7.44. The van der Waals surface area contributed by atoms with Crippen LogP contribution < -0.4 is 0 Å². The summed E-state index contributed by atoms with van der Waals surface area (Å²) >= 11 is 5.83. The van der Waals surface area contributed by atoms with Gasteiger partial charge in [-0.05, 0) is 30.0 Å². The number of aryl methyl sites for hydroxylation is 1. The van der Waals surface area contributed by atoms with Gasteiger partial charge in [-0.3, -0.25) is 0 Å². The number of thiol groups is 1. The SMILES string of the molecule is Cc1csc2c(S)ccc(C(=O)O)c12. The first-order valence-electron chi connectivity index (χ1n) is 4.04. The molecule has 0 aliphatic carbocycles. The molecule has 14 heavy (non-hydrogen) atoms. The first kappa shape index (κ1) is 9.55. The van der Waals surface area contributed by atoms with Crippen LogP contribution in [0.5, 0.6) is 0 Å². The number of carbonyl (C=O) groups is 1. The van der Waals surface area contributed by atoms with Crippen LogP contribution in [0, 0.1) is 6.92 Å². The molecular formula is C10H8O2S2. The van der Waals surface area contributed by atoms with Crippen molar-refractivity contribution in [3.05, 3.63) is 28.6 Å². The third-order valence-corrected chi connectivity index (χ3v) is 3.77. The molecule has 0 spiro atoms. The first-order valence-corrected chi connectivity index (χ1v) is 5.37. The molecule has 1 aromatic carbocycles. The molecule has 0 aliphatic rings. The first-order chi connectivity index (χ1) is 6.61. The lowest BCUT2D eigenvalue weighted by Gasteiger charge is -2.00. The van der Waals surface area contributed by atoms with E-state index in [1.165, 1.54) is 11.3 Å². The second-order valence-corrected chi connectivity index (χ2v) is 4.42. The van der Waals surface area contributed by atoms with Gasteiger partial charge in [0.25, 0.3) is 0 Å². The monoisotopic (exact) mass is 224 g/mol. The highest BCUT2D eigenvalue weighted by Gasteiger charge is 2.13. The van der Waals surface area contributed by atoms with Gasteiger partial charge in [-0.25, -0.2) is 4.79 Å². The van der Waals surface area contributed by atoms with Gasteiger partial charge in [0, 0.05) is 15.0 Å². The zero-order valence-corrected chi connectivity index (χ0v) is 9.15. The van der Waals surface area contributed by atoms with E-state index in [-0.39, 0.29) is 0 Å². The Bertz CT molecular complexity index is 514. The summed E-state index contributed by atoms with van der Waals surface area (Å²) in [6.07, 6.45) is 0. The second-order valence-electron chi connectivity index (χ2n) is 3.06. The molecule has 2 aromatic rings. The molecule has 0 unspecified atom stereocenters. The topological polar surface area (TPSA) is 37.3 Å². The molecule has 0 bridgehead atoms. The summed E-state index contributed by atoms with van der Waals surface area (Å²) in [5.41, 5.74) is 1.36. The largest absolute Gasteiger partial charge is 0.478 e. The van der Waals surface area contributed by atoms with Crippen LogP contribution in [0.1, 0.15) is 15.9 Å². The van der Waals surface area contributed by atoms with Crippen LogP contribution >= 0.6 is 24.0 Å². The fourth-order valence-electron chi connectivity index (χ4n) is 1.47. The molecule has 0 atom stereocenters. The number of rotatable bonds is 1. The minimum atomic E-state index is -0.884. The van der Waals surface area contributed by atoms with Crippen molar-refractivity contribution in [2.75, 3.05) is 0 Å². The summed E-state index contributed by atoms with van der Waals surface area (Å²) in [4.78, 5) is 11.8. The van der Waals surface area contributed by atoms with Crippen molar-refractivity contribution >= 4 is 40.0 Å². The van der Waals surface area contributed by atoms with Gasteiger partial charge >= 0.3 is 5.97 Å². The molecule has 4 heteroatoms. The second kappa shape index (κ2) is 3.29. The van der Waals surface area contributed by atoms with Gasteiger partial charge in [0.1, 0.15) is 0 Å². The van der Waals surface area contributed by atoms with Crippen molar-refractivity contribution in [2.45, 2.75) is 11.8 Å². The highest BCUT2D eigenvalue weighted by atomic mass is 32.1. The van der Waals surface area contributed by atoms with Gasteiger partial charge in [-0.1, -0.05) is 0 Å². The fourth-order valence-corrected chi connectivity index (χ4v) is 2.80. The van der Waals surface area contributed by atoms with E-state index in [1.807, 2.05) is 12.3 Å². The van der Waals surface area contributed by atoms with E-state index in [4.69, 9.17) is 5.11 Å². The molecule has 1 N–H and O–H groups in total. The molecule has 1 heterocycles. The fraction of sp³-hybridized carbons (Fsp3) is 0.100. The van der Waals surface area contributed by atoms with Gasteiger partial charge in [0.2, 0.25) is 0 Å². The van der Waals surface area contributed by atoms with E-state index in [0.717, 1.165) is 20.5 Å². The number of benzene rings is 1. The average Bonchev–Trinajstić information content (AvgIpc) is 2.50.